The van der Waals surface area contributed by atoms with Gasteiger partial charge in [0.2, 0.25) is 0 Å². The Balaban J connectivity index is 2.67. The van der Waals surface area contributed by atoms with Crippen molar-refractivity contribution >= 4 is 17.3 Å². The molecule has 4 heteroatoms. The van der Waals surface area contributed by atoms with Gasteiger partial charge in [-0.2, -0.15) is 0 Å². The molecule has 0 atom stereocenters. The van der Waals surface area contributed by atoms with Gasteiger partial charge in [-0.3, -0.25) is 10.1 Å². The van der Waals surface area contributed by atoms with E-state index in [2.05, 4.69) is 18.3 Å². The lowest BCUT2D eigenvalue weighted by Crippen LogP contribution is -2.50. The minimum absolute atomic E-state index is 0.600. The zero-order valence-corrected chi connectivity index (χ0v) is 10.9. The van der Waals surface area contributed by atoms with Crippen molar-refractivity contribution in [3.63, 3.8) is 0 Å². The van der Waals surface area contributed by atoms with Crippen molar-refractivity contribution in [1.82, 2.24) is 5.32 Å². The molecule has 0 bridgehead atoms. The van der Waals surface area contributed by atoms with E-state index >= 15 is 0 Å². The third-order valence-electron chi connectivity index (χ3n) is 3.01. The smallest absolute Gasteiger partial charge is 0.323 e. The Morgan fingerprint density at radius 2 is 2.06 bits per heavy atom. The first-order valence-electron chi connectivity index (χ1n) is 5.58. The monoisotopic (exact) mass is 241 g/mol. The van der Waals surface area contributed by atoms with Gasteiger partial charge in [-0.05, 0) is 31.9 Å². The molecule has 0 radical (unpaired) electrons. The summed E-state index contributed by atoms with van der Waals surface area (Å²) in [7, 11) is 0. The predicted octanol–water partition coefficient (Wildman–Crippen LogP) is 2.79. The number of carboxylic acids is 1. The molecule has 0 aliphatic carbocycles. The maximum Gasteiger partial charge on any atom is 0.323 e. The Labute approximate surface area is 100 Å². The first kappa shape index (κ1) is 13.2. The zero-order chi connectivity index (χ0) is 12.2. The van der Waals surface area contributed by atoms with Gasteiger partial charge < -0.3 is 5.11 Å². The maximum atomic E-state index is 11.3. The molecule has 1 rings (SSSR count). The van der Waals surface area contributed by atoms with E-state index in [0.717, 1.165) is 0 Å². The van der Waals surface area contributed by atoms with Gasteiger partial charge in [0.1, 0.15) is 5.54 Å². The highest BCUT2D eigenvalue weighted by Gasteiger charge is 2.33. The molecule has 0 saturated carbocycles. The van der Waals surface area contributed by atoms with E-state index in [0.29, 0.717) is 19.4 Å². The van der Waals surface area contributed by atoms with Crippen LogP contribution in [0.5, 0.6) is 0 Å². The Morgan fingerprint density at radius 3 is 2.44 bits per heavy atom. The summed E-state index contributed by atoms with van der Waals surface area (Å²) in [6, 6.07) is 4.10. The van der Waals surface area contributed by atoms with Gasteiger partial charge >= 0.3 is 5.97 Å². The molecular weight excluding hydrogens is 222 g/mol. The molecule has 0 unspecified atom stereocenters. The fourth-order valence-electron chi connectivity index (χ4n) is 1.71. The van der Waals surface area contributed by atoms with Crippen LogP contribution in [0.25, 0.3) is 0 Å². The van der Waals surface area contributed by atoms with Crippen LogP contribution >= 0.6 is 11.3 Å². The number of aliphatic carboxylic acids is 1. The third-order valence-corrected chi connectivity index (χ3v) is 4.01. The van der Waals surface area contributed by atoms with Crippen LogP contribution < -0.4 is 5.32 Å². The second-order valence-electron chi connectivity index (χ2n) is 3.96. The van der Waals surface area contributed by atoms with Crippen molar-refractivity contribution in [3.8, 4) is 0 Å². The molecule has 0 fully saturated rings. The molecule has 0 aliphatic rings. The fourth-order valence-corrected chi connectivity index (χ4v) is 2.54. The number of aryl methyl sites for hydroxylation is 1. The van der Waals surface area contributed by atoms with Crippen molar-refractivity contribution in [2.45, 2.75) is 45.7 Å². The SMILES string of the molecule is CCC(CC)(NCc1ccc(C)s1)C(=O)O. The standard InChI is InChI=1S/C12H19NO2S/c1-4-12(5-2,11(14)15)13-8-10-7-6-9(3)16-10/h6-7,13H,4-5,8H2,1-3H3,(H,14,15). The number of rotatable bonds is 6. The zero-order valence-electron chi connectivity index (χ0n) is 10.0. The van der Waals surface area contributed by atoms with Gasteiger partial charge in [0, 0.05) is 16.3 Å². The van der Waals surface area contributed by atoms with Gasteiger partial charge in [-0.15, -0.1) is 11.3 Å². The summed E-state index contributed by atoms with van der Waals surface area (Å²) in [4.78, 5) is 13.7. The fraction of sp³-hybridized carbons (Fsp3) is 0.583. The Bertz CT molecular complexity index is 356. The van der Waals surface area contributed by atoms with E-state index in [4.69, 9.17) is 0 Å². The lowest BCUT2D eigenvalue weighted by molar-refractivity contribution is -0.145. The summed E-state index contributed by atoms with van der Waals surface area (Å²) in [6.45, 7) is 6.50. The third kappa shape index (κ3) is 2.83. The molecule has 2 N–H and O–H groups in total. The second kappa shape index (κ2) is 5.46. The number of carboxylic acid groups (broad SMARTS) is 1. The molecule has 1 aromatic rings. The van der Waals surface area contributed by atoms with E-state index in [9.17, 15) is 9.90 Å². The highest BCUT2D eigenvalue weighted by atomic mass is 32.1. The molecule has 0 amide bonds. The van der Waals surface area contributed by atoms with Crippen molar-refractivity contribution in [2.75, 3.05) is 0 Å². The van der Waals surface area contributed by atoms with Crippen LogP contribution in [-0.2, 0) is 11.3 Å². The lowest BCUT2D eigenvalue weighted by atomic mass is 9.93. The van der Waals surface area contributed by atoms with Crippen molar-refractivity contribution < 1.29 is 9.90 Å². The Morgan fingerprint density at radius 1 is 1.44 bits per heavy atom. The highest BCUT2D eigenvalue weighted by Crippen LogP contribution is 2.19. The van der Waals surface area contributed by atoms with Crippen LogP contribution in [-0.4, -0.2) is 16.6 Å². The van der Waals surface area contributed by atoms with Crippen LogP contribution in [0.2, 0.25) is 0 Å². The number of hydrogen-bond donors (Lipinski definition) is 2. The Hall–Kier alpha value is -0.870. The summed E-state index contributed by atoms with van der Waals surface area (Å²) in [5.41, 5.74) is -0.780. The highest BCUT2D eigenvalue weighted by molar-refractivity contribution is 7.11. The summed E-state index contributed by atoms with van der Waals surface area (Å²) in [5.74, 6) is -0.759. The average molecular weight is 241 g/mol. The van der Waals surface area contributed by atoms with E-state index in [-0.39, 0.29) is 0 Å². The van der Waals surface area contributed by atoms with Crippen LogP contribution in [0.4, 0.5) is 0 Å². The first-order chi connectivity index (χ1) is 7.54. The molecule has 16 heavy (non-hydrogen) atoms. The normalized spacial score (nSPS) is 11.7. The molecule has 3 nitrogen and oxygen atoms in total. The number of carbonyl (C=O) groups is 1. The molecule has 0 spiro atoms. The van der Waals surface area contributed by atoms with E-state index < -0.39 is 11.5 Å². The number of hydrogen-bond acceptors (Lipinski definition) is 3. The van der Waals surface area contributed by atoms with Crippen LogP contribution in [0.3, 0.4) is 0 Å². The Kier molecular flexibility index (Phi) is 4.50. The van der Waals surface area contributed by atoms with E-state index in [1.807, 2.05) is 19.9 Å². The summed E-state index contributed by atoms with van der Waals surface area (Å²) in [6.07, 6.45) is 1.20. The summed E-state index contributed by atoms with van der Waals surface area (Å²) >= 11 is 1.71. The van der Waals surface area contributed by atoms with Gasteiger partial charge in [0.05, 0.1) is 0 Å². The molecule has 0 aliphatic heterocycles. The molecule has 1 heterocycles. The number of thiophene rings is 1. The van der Waals surface area contributed by atoms with Crippen LogP contribution in [0.1, 0.15) is 36.4 Å². The largest absolute Gasteiger partial charge is 0.480 e. The first-order valence-corrected chi connectivity index (χ1v) is 6.39. The minimum Gasteiger partial charge on any atom is -0.480 e. The van der Waals surface area contributed by atoms with E-state index in [1.165, 1.54) is 9.75 Å². The predicted molar refractivity (Wildman–Crippen MR) is 66.8 cm³/mol. The molecule has 0 saturated heterocycles. The van der Waals surface area contributed by atoms with Gasteiger partial charge in [0.25, 0.3) is 0 Å². The van der Waals surface area contributed by atoms with Crippen molar-refractivity contribution in [1.29, 1.82) is 0 Å². The van der Waals surface area contributed by atoms with Crippen molar-refractivity contribution in [2.24, 2.45) is 0 Å². The van der Waals surface area contributed by atoms with Gasteiger partial charge in [-0.1, -0.05) is 13.8 Å². The average Bonchev–Trinajstić information content (AvgIpc) is 2.66. The topological polar surface area (TPSA) is 49.3 Å². The minimum atomic E-state index is -0.780. The van der Waals surface area contributed by atoms with Crippen LogP contribution in [0.15, 0.2) is 12.1 Å². The molecule has 90 valence electrons. The second-order valence-corrected chi connectivity index (χ2v) is 5.33. The van der Waals surface area contributed by atoms with Crippen molar-refractivity contribution in [3.05, 3.63) is 21.9 Å². The summed E-state index contributed by atoms with van der Waals surface area (Å²) < 4.78 is 0. The van der Waals surface area contributed by atoms with Crippen LogP contribution in [0, 0.1) is 6.92 Å². The maximum absolute atomic E-state index is 11.3. The molecule has 1 aromatic heterocycles. The molecule has 0 aromatic carbocycles. The van der Waals surface area contributed by atoms with Gasteiger partial charge in [0.15, 0.2) is 0 Å². The van der Waals surface area contributed by atoms with E-state index in [1.54, 1.807) is 11.3 Å². The van der Waals surface area contributed by atoms with Gasteiger partial charge in [-0.25, -0.2) is 0 Å². The quantitative estimate of drug-likeness (QED) is 0.805. The number of nitrogens with one attached hydrogen (secondary N) is 1. The lowest BCUT2D eigenvalue weighted by Gasteiger charge is -2.27. The summed E-state index contributed by atoms with van der Waals surface area (Å²) in [5, 5.41) is 12.4. The molecular formula is C12H19NO2S.